The molecule has 0 bridgehead atoms. The van der Waals surface area contributed by atoms with E-state index in [1.54, 1.807) is 22.5 Å². The number of aromatic nitrogens is 7. The number of thioether (sulfide) groups is 1. The van der Waals surface area contributed by atoms with Crippen molar-refractivity contribution < 1.29 is 4.74 Å². The third kappa shape index (κ3) is 5.47. The molecule has 0 atom stereocenters. The lowest BCUT2D eigenvalue weighted by molar-refractivity contribution is 0.233. The summed E-state index contributed by atoms with van der Waals surface area (Å²) in [7, 11) is 0. The topological polar surface area (TPSA) is 121 Å². The normalized spacial score (nSPS) is 13.4. The smallest absolute Gasteiger partial charge is 0.295 e. The maximum Gasteiger partial charge on any atom is 0.295 e. The fourth-order valence-corrected chi connectivity index (χ4v) is 4.85. The van der Waals surface area contributed by atoms with Gasteiger partial charge in [0.1, 0.15) is 17.4 Å². The summed E-state index contributed by atoms with van der Waals surface area (Å²) in [5.41, 5.74) is 3.12. The summed E-state index contributed by atoms with van der Waals surface area (Å²) in [5, 5.41) is 3.17. The molecule has 0 unspecified atom stereocenters. The highest BCUT2D eigenvalue weighted by Crippen LogP contribution is 2.45. The summed E-state index contributed by atoms with van der Waals surface area (Å²) in [4.78, 5) is 42.2. The first kappa shape index (κ1) is 26.0. The number of hydrogen-bond donors (Lipinski definition) is 1. The van der Waals surface area contributed by atoms with Crippen LogP contribution in [0.1, 0.15) is 70.8 Å². The van der Waals surface area contributed by atoms with Gasteiger partial charge in [0.15, 0.2) is 17.3 Å². The van der Waals surface area contributed by atoms with E-state index in [1.807, 2.05) is 46.0 Å². The molecule has 5 rings (SSSR count). The van der Waals surface area contributed by atoms with E-state index in [0.717, 1.165) is 34.9 Å². The lowest BCUT2D eigenvalue weighted by Gasteiger charge is -2.17. The van der Waals surface area contributed by atoms with Gasteiger partial charge in [0.25, 0.3) is 5.56 Å². The van der Waals surface area contributed by atoms with E-state index in [9.17, 15) is 4.79 Å². The Morgan fingerprint density at radius 2 is 1.89 bits per heavy atom. The summed E-state index contributed by atoms with van der Waals surface area (Å²) in [5.74, 6) is 2.45. The minimum Gasteiger partial charge on any atom is -0.474 e. The molecule has 4 heterocycles. The summed E-state index contributed by atoms with van der Waals surface area (Å²) < 4.78 is 7.66. The molecule has 4 aromatic rings. The van der Waals surface area contributed by atoms with Gasteiger partial charge in [-0.2, -0.15) is 0 Å². The number of fused-ring (bicyclic) bond motifs is 1. The fourth-order valence-electron chi connectivity index (χ4n) is 4.23. The second-order valence-corrected chi connectivity index (χ2v) is 11.1. The molecule has 10 nitrogen and oxygen atoms in total. The van der Waals surface area contributed by atoms with Crippen LogP contribution < -0.4 is 15.6 Å². The van der Waals surface area contributed by atoms with Gasteiger partial charge in [-0.25, -0.2) is 24.9 Å². The maximum atomic E-state index is 13.5. The molecule has 1 N–H and O–H groups in total. The van der Waals surface area contributed by atoms with Crippen molar-refractivity contribution >= 4 is 28.7 Å². The van der Waals surface area contributed by atoms with Crippen molar-refractivity contribution in [3.63, 3.8) is 0 Å². The van der Waals surface area contributed by atoms with E-state index in [2.05, 4.69) is 37.2 Å². The second kappa shape index (κ2) is 11.0. The van der Waals surface area contributed by atoms with Gasteiger partial charge in [0, 0.05) is 23.1 Å². The molecular weight excluding hydrogens is 500 g/mol. The zero-order chi connectivity index (χ0) is 26.8. The molecule has 0 saturated heterocycles. The number of pyridine rings is 1. The zero-order valence-corrected chi connectivity index (χ0v) is 23.1. The third-order valence-corrected chi connectivity index (χ3v) is 6.93. The Labute approximate surface area is 225 Å². The highest BCUT2D eigenvalue weighted by atomic mass is 32.2. The lowest BCUT2D eigenvalue weighted by atomic mass is 10.1. The Bertz CT molecular complexity index is 1500. The predicted molar refractivity (Wildman–Crippen MR) is 149 cm³/mol. The Morgan fingerprint density at radius 3 is 2.55 bits per heavy atom. The van der Waals surface area contributed by atoms with Crippen LogP contribution in [0.5, 0.6) is 5.88 Å². The van der Waals surface area contributed by atoms with E-state index in [1.165, 1.54) is 6.33 Å². The molecule has 198 valence electrons. The third-order valence-electron chi connectivity index (χ3n) is 6.07. The van der Waals surface area contributed by atoms with Crippen molar-refractivity contribution in [3.05, 3.63) is 52.6 Å². The van der Waals surface area contributed by atoms with Crippen LogP contribution in [0.15, 0.2) is 40.5 Å². The largest absolute Gasteiger partial charge is 0.474 e. The summed E-state index contributed by atoms with van der Waals surface area (Å²) in [6.07, 6.45) is 7.07. The number of rotatable bonds is 10. The first-order valence-corrected chi connectivity index (χ1v) is 14.0. The number of nitrogens with one attached hydrogen (secondary N) is 1. The molecule has 38 heavy (non-hydrogen) atoms. The molecule has 0 aromatic carbocycles. The minimum atomic E-state index is -0.249. The van der Waals surface area contributed by atoms with E-state index < -0.39 is 0 Å². The molecule has 4 aromatic heterocycles. The van der Waals surface area contributed by atoms with Gasteiger partial charge < -0.3 is 10.1 Å². The number of anilines is 1. The molecule has 1 aliphatic rings. The van der Waals surface area contributed by atoms with Crippen molar-refractivity contribution in [1.82, 2.24) is 34.5 Å². The van der Waals surface area contributed by atoms with E-state index in [4.69, 9.17) is 9.72 Å². The highest BCUT2D eigenvalue weighted by molar-refractivity contribution is 7.99. The van der Waals surface area contributed by atoms with Gasteiger partial charge >= 0.3 is 0 Å². The van der Waals surface area contributed by atoms with Crippen molar-refractivity contribution in [1.29, 1.82) is 0 Å². The molecule has 0 radical (unpaired) electrons. The Hall–Kier alpha value is -3.60. The van der Waals surface area contributed by atoms with Crippen LogP contribution in [-0.4, -0.2) is 46.3 Å². The molecule has 1 fully saturated rings. The second-order valence-electron chi connectivity index (χ2n) is 9.78. The van der Waals surface area contributed by atoms with Gasteiger partial charge in [0.05, 0.1) is 30.2 Å². The van der Waals surface area contributed by atoms with Gasteiger partial charge in [-0.3, -0.25) is 14.3 Å². The average molecular weight is 533 g/mol. The van der Waals surface area contributed by atoms with Crippen LogP contribution in [-0.2, 0) is 6.54 Å². The molecule has 0 amide bonds. The molecular formula is C27H32N8O2S. The van der Waals surface area contributed by atoms with E-state index in [-0.39, 0.29) is 23.5 Å². The predicted octanol–water partition coefficient (Wildman–Crippen LogP) is 5.01. The summed E-state index contributed by atoms with van der Waals surface area (Å²) in [6.45, 7) is 10.3. The van der Waals surface area contributed by atoms with Gasteiger partial charge in [-0.15, -0.1) is 11.8 Å². The van der Waals surface area contributed by atoms with Crippen molar-refractivity contribution in [3.8, 4) is 17.3 Å². The molecule has 11 heteroatoms. The van der Waals surface area contributed by atoms with Crippen molar-refractivity contribution in [2.45, 2.75) is 77.0 Å². The van der Waals surface area contributed by atoms with Crippen LogP contribution in [0.4, 0.5) is 5.82 Å². The fraction of sp³-hybridized carbons (Fsp3) is 0.444. The van der Waals surface area contributed by atoms with E-state index >= 15 is 0 Å². The Morgan fingerprint density at radius 1 is 1.08 bits per heavy atom. The standard InChI is InChI=1S/C27H32N8O2S/c1-6-38-19-10-9-18(28-12-19)11-29-24-27(36)35(15(2)3)25-20(33-24)13-30-23(34-25)21-22(17-7-8-17)31-14-32-26(21)37-16(4)5/h9-10,12-17H,6-8,11H2,1-5H3,(H,29,33). The van der Waals surface area contributed by atoms with Gasteiger partial charge in [0.2, 0.25) is 5.88 Å². The monoisotopic (exact) mass is 532 g/mol. The first-order chi connectivity index (χ1) is 18.4. The number of hydrogen-bond acceptors (Lipinski definition) is 10. The Balaban J connectivity index is 1.54. The zero-order valence-electron chi connectivity index (χ0n) is 22.3. The number of nitrogens with zero attached hydrogens (tertiary/aromatic N) is 7. The number of ether oxygens (including phenoxy) is 1. The molecule has 1 aliphatic carbocycles. The molecule has 0 aliphatic heterocycles. The van der Waals surface area contributed by atoms with E-state index in [0.29, 0.717) is 40.9 Å². The minimum absolute atomic E-state index is 0.0728. The lowest BCUT2D eigenvalue weighted by Crippen LogP contribution is -2.27. The first-order valence-electron chi connectivity index (χ1n) is 13.0. The maximum absolute atomic E-state index is 13.5. The van der Waals surface area contributed by atoms with Crippen LogP contribution in [0.3, 0.4) is 0 Å². The Kier molecular flexibility index (Phi) is 7.55. The van der Waals surface area contributed by atoms with Crippen LogP contribution in [0.25, 0.3) is 22.6 Å². The van der Waals surface area contributed by atoms with Gasteiger partial charge in [-0.1, -0.05) is 6.92 Å². The van der Waals surface area contributed by atoms with Crippen LogP contribution in [0.2, 0.25) is 0 Å². The summed E-state index contributed by atoms with van der Waals surface area (Å²) >= 11 is 1.74. The van der Waals surface area contributed by atoms with Crippen LogP contribution in [0, 0.1) is 0 Å². The highest BCUT2D eigenvalue weighted by Gasteiger charge is 2.32. The molecule has 0 spiro atoms. The average Bonchev–Trinajstić information content (AvgIpc) is 3.73. The van der Waals surface area contributed by atoms with Gasteiger partial charge in [-0.05, 0) is 58.4 Å². The van der Waals surface area contributed by atoms with Crippen molar-refractivity contribution in [2.24, 2.45) is 0 Å². The van der Waals surface area contributed by atoms with Crippen molar-refractivity contribution in [2.75, 3.05) is 11.1 Å². The quantitative estimate of drug-likeness (QED) is 0.279. The van der Waals surface area contributed by atoms with Crippen LogP contribution >= 0.6 is 11.8 Å². The SMILES string of the molecule is CCSc1ccc(CNc2nc3cnc(-c4c(OC(C)C)ncnc4C4CC4)nc3n(C(C)C)c2=O)nc1. The summed E-state index contributed by atoms with van der Waals surface area (Å²) in [6, 6.07) is 3.84. The molecule has 1 saturated carbocycles.